The van der Waals surface area contributed by atoms with E-state index in [0.29, 0.717) is 11.3 Å². The second-order valence-electron chi connectivity index (χ2n) is 3.63. The molecular weight excluding hydrogens is 238 g/mol. The fourth-order valence-corrected chi connectivity index (χ4v) is 1.67. The largest absolute Gasteiger partial charge is 0.465 e. The van der Waals surface area contributed by atoms with E-state index in [1.807, 2.05) is 0 Å². The van der Waals surface area contributed by atoms with Gasteiger partial charge in [0, 0.05) is 5.69 Å². The highest BCUT2D eigenvalue weighted by Crippen LogP contribution is 2.19. The molecule has 94 valence electrons. The zero-order valence-electron chi connectivity index (χ0n) is 9.71. The SMILES string of the molecule is COC(=O)c1cccc(N2CCOC(=O)C2=O)c1. The summed E-state index contributed by atoms with van der Waals surface area (Å²) in [5.74, 6) is -2.11. The number of hydrogen-bond acceptors (Lipinski definition) is 5. The van der Waals surface area contributed by atoms with Gasteiger partial charge in [0.2, 0.25) is 0 Å². The van der Waals surface area contributed by atoms with Crippen LogP contribution in [0.25, 0.3) is 0 Å². The maximum atomic E-state index is 11.6. The smallest absolute Gasteiger partial charge is 0.397 e. The molecule has 0 unspecified atom stereocenters. The Morgan fingerprint density at radius 2 is 2.17 bits per heavy atom. The number of anilines is 1. The van der Waals surface area contributed by atoms with E-state index >= 15 is 0 Å². The molecule has 0 radical (unpaired) electrons. The highest BCUT2D eigenvalue weighted by molar-refractivity contribution is 6.38. The standard InChI is InChI=1S/C12H11NO5/c1-17-11(15)8-3-2-4-9(7-8)13-5-6-18-12(16)10(13)14/h2-4,7H,5-6H2,1H3. The van der Waals surface area contributed by atoms with Crippen LogP contribution in [0.4, 0.5) is 5.69 Å². The minimum absolute atomic E-state index is 0.146. The first-order valence-electron chi connectivity index (χ1n) is 5.30. The lowest BCUT2D eigenvalue weighted by Gasteiger charge is -2.25. The fraction of sp³-hybridized carbons (Fsp3) is 0.250. The average molecular weight is 249 g/mol. The van der Waals surface area contributed by atoms with Gasteiger partial charge in [-0.25, -0.2) is 9.59 Å². The molecule has 1 saturated heterocycles. The second-order valence-corrected chi connectivity index (χ2v) is 3.63. The van der Waals surface area contributed by atoms with Crippen molar-refractivity contribution in [3.8, 4) is 0 Å². The molecule has 0 aromatic heterocycles. The summed E-state index contributed by atoms with van der Waals surface area (Å²) in [7, 11) is 1.28. The summed E-state index contributed by atoms with van der Waals surface area (Å²) >= 11 is 0. The summed E-state index contributed by atoms with van der Waals surface area (Å²) in [5, 5.41) is 0. The molecule has 18 heavy (non-hydrogen) atoms. The van der Waals surface area contributed by atoms with Crippen LogP contribution < -0.4 is 4.90 Å². The molecule has 6 heteroatoms. The zero-order chi connectivity index (χ0) is 13.1. The number of nitrogens with zero attached hydrogens (tertiary/aromatic N) is 1. The normalized spacial score (nSPS) is 15.3. The minimum atomic E-state index is -0.885. The maximum absolute atomic E-state index is 11.6. The Morgan fingerprint density at radius 1 is 1.39 bits per heavy atom. The third kappa shape index (κ3) is 2.17. The van der Waals surface area contributed by atoms with Gasteiger partial charge in [-0.1, -0.05) is 6.07 Å². The first-order chi connectivity index (χ1) is 8.63. The number of carbonyl (C=O) groups is 3. The number of esters is 2. The number of cyclic esters (lactones) is 1. The molecule has 1 aliphatic heterocycles. The van der Waals surface area contributed by atoms with Crippen LogP contribution >= 0.6 is 0 Å². The van der Waals surface area contributed by atoms with Crippen LogP contribution in [0, 0.1) is 0 Å². The summed E-state index contributed by atoms with van der Waals surface area (Å²) in [6.07, 6.45) is 0. The molecule has 1 heterocycles. The molecule has 0 spiro atoms. The number of benzene rings is 1. The van der Waals surface area contributed by atoms with Crippen molar-refractivity contribution in [2.45, 2.75) is 0 Å². The molecule has 0 N–H and O–H groups in total. The van der Waals surface area contributed by atoms with Crippen molar-refractivity contribution in [2.24, 2.45) is 0 Å². The molecule has 6 nitrogen and oxygen atoms in total. The van der Waals surface area contributed by atoms with Gasteiger partial charge in [0.15, 0.2) is 0 Å². The Kier molecular flexibility index (Phi) is 3.27. The molecule has 0 saturated carbocycles. The summed E-state index contributed by atoms with van der Waals surface area (Å²) in [5.41, 5.74) is 0.793. The van der Waals surface area contributed by atoms with E-state index in [0.717, 1.165) is 0 Å². The van der Waals surface area contributed by atoms with Crippen LogP contribution in [0.1, 0.15) is 10.4 Å². The number of carbonyl (C=O) groups excluding carboxylic acids is 3. The van der Waals surface area contributed by atoms with Gasteiger partial charge in [-0.3, -0.25) is 9.69 Å². The third-order valence-electron chi connectivity index (χ3n) is 2.55. The van der Waals surface area contributed by atoms with E-state index in [1.54, 1.807) is 18.2 Å². The van der Waals surface area contributed by atoms with Crippen LogP contribution in [-0.2, 0) is 19.1 Å². The van der Waals surface area contributed by atoms with Crippen LogP contribution in [0.15, 0.2) is 24.3 Å². The number of amides is 1. The van der Waals surface area contributed by atoms with Crippen molar-refractivity contribution in [2.75, 3.05) is 25.2 Å². The Hall–Kier alpha value is -2.37. The van der Waals surface area contributed by atoms with Gasteiger partial charge in [-0.15, -0.1) is 0 Å². The number of morpholine rings is 1. The van der Waals surface area contributed by atoms with Crippen LogP contribution in [-0.4, -0.2) is 38.1 Å². The van der Waals surface area contributed by atoms with E-state index < -0.39 is 17.8 Å². The first kappa shape index (κ1) is 12.1. The summed E-state index contributed by atoms with van der Waals surface area (Å²) in [4.78, 5) is 35.4. The lowest BCUT2D eigenvalue weighted by atomic mass is 10.2. The summed E-state index contributed by atoms with van der Waals surface area (Å²) in [6, 6.07) is 6.34. The second kappa shape index (κ2) is 4.87. The number of methoxy groups -OCH3 is 1. The Bertz CT molecular complexity index is 511. The Labute approximate surface area is 103 Å². The molecule has 1 aromatic rings. The molecule has 0 aliphatic carbocycles. The van der Waals surface area contributed by atoms with Crippen molar-refractivity contribution < 1.29 is 23.9 Å². The van der Waals surface area contributed by atoms with Gasteiger partial charge in [0.25, 0.3) is 0 Å². The Balaban J connectivity index is 2.30. The fourth-order valence-electron chi connectivity index (χ4n) is 1.67. The van der Waals surface area contributed by atoms with Crippen molar-refractivity contribution in [3.05, 3.63) is 29.8 Å². The number of hydrogen-bond donors (Lipinski definition) is 0. The molecule has 1 fully saturated rings. The quantitative estimate of drug-likeness (QED) is 0.559. The maximum Gasteiger partial charge on any atom is 0.397 e. The van der Waals surface area contributed by atoms with Gasteiger partial charge in [0.1, 0.15) is 6.61 Å². The minimum Gasteiger partial charge on any atom is -0.465 e. The molecule has 1 aromatic carbocycles. The lowest BCUT2D eigenvalue weighted by molar-refractivity contribution is -0.156. The van der Waals surface area contributed by atoms with Gasteiger partial charge in [0.05, 0.1) is 19.2 Å². The predicted molar refractivity (Wildman–Crippen MR) is 61.1 cm³/mol. The van der Waals surface area contributed by atoms with Crippen LogP contribution in [0.5, 0.6) is 0 Å². The predicted octanol–water partition coefficient (Wildman–Crippen LogP) is 0.363. The topological polar surface area (TPSA) is 72.9 Å². The summed E-state index contributed by atoms with van der Waals surface area (Å²) < 4.78 is 9.21. The van der Waals surface area contributed by atoms with Gasteiger partial charge in [-0.05, 0) is 18.2 Å². The molecule has 1 aliphatic rings. The molecule has 2 rings (SSSR count). The van der Waals surface area contributed by atoms with E-state index in [-0.39, 0.29) is 13.2 Å². The van der Waals surface area contributed by atoms with Gasteiger partial charge < -0.3 is 9.47 Å². The Morgan fingerprint density at radius 3 is 2.89 bits per heavy atom. The lowest BCUT2D eigenvalue weighted by Crippen LogP contribution is -2.45. The average Bonchev–Trinajstić information content (AvgIpc) is 2.41. The van der Waals surface area contributed by atoms with Crippen molar-refractivity contribution in [3.63, 3.8) is 0 Å². The first-order valence-corrected chi connectivity index (χ1v) is 5.30. The highest BCUT2D eigenvalue weighted by atomic mass is 16.5. The van der Waals surface area contributed by atoms with Crippen LogP contribution in [0.3, 0.4) is 0 Å². The van der Waals surface area contributed by atoms with Gasteiger partial charge in [-0.2, -0.15) is 0 Å². The van der Waals surface area contributed by atoms with Crippen LogP contribution in [0.2, 0.25) is 0 Å². The van der Waals surface area contributed by atoms with Crippen molar-refractivity contribution in [1.29, 1.82) is 0 Å². The van der Waals surface area contributed by atoms with E-state index in [9.17, 15) is 14.4 Å². The van der Waals surface area contributed by atoms with E-state index in [1.165, 1.54) is 18.1 Å². The van der Waals surface area contributed by atoms with Crippen molar-refractivity contribution in [1.82, 2.24) is 0 Å². The molecule has 1 amide bonds. The molecule has 0 bridgehead atoms. The summed E-state index contributed by atoms with van der Waals surface area (Å²) in [6.45, 7) is 0.419. The van der Waals surface area contributed by atoms with E-state index in [4.69, 9.17) is 0 Å². The van der Waals surface area contributed by atoms with E-state index in [2.05, 4.69) is 9.47 Å². The van der Waals surface area contributed by atoms with Gasteiger partial charge >= 0.3 is 17.8 Å². The number of ether oxygens (including phenoxy) is 2. The van der Waals surface area contributed by atoms with Crippen molar-refractivity contribution >= 4 is 23.5 Å². The number of rotatable bonds is 2. The monoisotopic (exact) mass is 249 g/mol. The zero-order valence-corrected chi connectivity index (χ0v) is 9.71. The highest BCUT2D eigenvalue weighted by Gasteiger charge is 2.29. The third-order valence-corrected chi connectivity index (χ3v) is 2.55. The molecular formula is C12H11NO5. The molecule has 0 atom stereocenters.